The quantitative estimate of drug-likeness (QED) is 0.163. The zero-order chi connectivity index (χ0) is 24.8. The van der Waals surface area contributed by atoms with Crippen LogP contribution in [0.25, 0.3) is 22.4 Å². The van der Waals surface area contributed by atoms with E-state index >= 15 is 0 Å². The van der Waals surface area contributed by atoms with Gasteiger partial charge in [-0.3, -0.25) is 4.98 Å². The molecule has 0 fully saturated rings. The number of nitrogens with one attached hydrogen (secondary N) is 1. The van der Waals surface area contributed by atoms with E-state index in [0.717, 1.165) is 33.7 Å². The summed E-state index contributed by atoms with van der Waals surface area (Å²) in [7, 11) is 0. The maximum atomic E-state index is 13.0. The monoisotopic (exact) mass is 512 g/mol. The van der Waals surface area contributed by atoms with Crippen molar-refractivity contribution in [2.24, 2.45) is 10.1 Å². The van der Waals surface area contributed by atoms with Crippen molar-refractivity contribution >= 4 is 29.5 Å². The molecule has 1 heterocycles. The number of hydrogen-bond acceptors (Lipinski definition) is 3. The lowest BCUT2D eigenvalue weighted by molar-refractivity contribution is -0.137. The van der Waals surface area contributed by atoms with Crippen molar-refractivity contribution in [1.29, 1.82) is 0 Å². The van der Waals surface area contributed by atoms with Crippen LogP contribution in [0.3, 0.4) is 0 Å². The summed E-state index contributed by atoms with van der Waals surface area (Å²) in [5, 5.41) is 3.64. The van der Waals surface area contributed by atoms with E-state index in [9.17, 15) is 13.2 Å². The van der Waals surface area contributed by atoms with E-state index in [0.29, 0.717) is 22.8 Å². The zero-order valence-corrected chi connectivity index (χ0v) is 19.8. The second kappa shape index (κ2) is 10.8. The van der Waals surface area contributed by atoms with Crippen LogP contribution in [-0.2, 0) is 12.7 Å². The SMILES string of the molecule is N/C(=N\Sc1ccccc1)NCc1cnc(-c2ccc(C(F)(F)F)cc2)c(-c2ccc(Cl)cc2)c1. The molecule has 0 aliphatic rings. The predicted octanol–water partition coefficient (Wildman–Crippen LogP) is 7.20. The zero-order valence-electron chi connectivity index (χ0n) is 18.3. The fourth-order valence-electron chi connectivity index (χ4n) is 3.31. The van der Waals surface area contributed by atoms with Gasteiger partial charge in [0, 0.05) is 45.7 Å². The Hall–Kier alpha value is -3.49. The minimum Gasteiger partial charge on any atom is -0.369 e. The number of hydrogen-bond donors (Lipinski definition) is 2. The van der Waals surface area contributed by atoms with E-state index in [-0.39, 0.29) is 5.96 Å². The van der Waals surface area contributed by atoms with E-state index in [2.05, 4.69) is 14.7 Å². The van der Waals surface area contributed by atoms with Gasteiger partial charge in [-0.1, -0.05) is 54.1 Å². The van der Waals surface area contributed by atoms with Crippen LogP contribution >= 0.6 is 23.5 Å². The summed E-state index contributed by atoms with van der Waals surface area (Å²) in [6.07, 6.45) is -2.74. The van der Waals surface area contributed by atoms with Crippen LogP contribution in [-0.4, -0.2) is 10.9 Å². The third-order valence-electron chi connectivity index (χ3n) is 5.05. The highest BCUT2D eigenvalue weighted by atomic mass is 35.5. The second-order valence-corrected chi connectivity index (χ2v) is 8.83. The number of alkyl halides is 3. The largest absolute Gasteiger partial charge is 0.416 e. The van der Waals surface area contributed by atoms with E-state index in [1.807, 2.05) is 48.5 Å². The van der Waals surface area contributed by atoms with Crippen LogP contribution in [0, 0.1) is 0 Å². The summed E-state index contributed by atoms with van der Waals surface area (Å²) < 4.78 is 43.3. The van der Waals surface area contributed by atoms with Gasteiger partial charge in [0.1, 0.15) is 0 Å². The van der Waals surface area contributed by atoms with Crippen LogP contribution in [0.1, 0.15) is 11.1 Å². The van der Waals surface area contributed by atoms with Gasteiger partial charge in [-0.25, -0.2) is 0 Å². The summed E-state index contributed by atoms with van der Waals surface area (Å²) in [6.45, 7) is 0.367. The van der Waals surface area contributed by atoms with E-state index in [4.69, 9.17) is 17.3 Å². The highest BCUT2D eigenvalue weighted by Crippen LogP contribution is 2.34. The first-order valence-corrected chi connectivity index (χ1v) is 11.7. The molecular formula is C26H20ClF3N4S. The van der Waals surface area contributed by atoms with Gasteiger partial charge in [0.05, 0.1) is 11.3 Å². The summed E-state index contributed by atoms with van der Waals surface area (Å²) in [4.78, 5) is 5.53. The highest BCUT2D eigenvalue weighted by molar-refractivity contribution is 7.98. The summed E-state index contributed by atoms with van der Waals surface area (Å²) >= 11 is 7.30. The Morgan fingerprint density at radius 3 is 2.26 bits per heavy atom. The number of rotatable bonds is 6. The minimum absolute atomic E-state index is 0.263. The number of pyridine rings is 1. The van der Waals surface area contributed by atoms with Gasteiger partial charge < -0.3 is 11.1 Å². The molecular weight excluding hydrogens is 493 g/mol. The third kappa shape index (κ3) is 6.55. The van der Waals surface area contributed by atoms with Crippen molar-refractivity contribution in [3.05, 3.63) is 107 Å². The van der Waals surface area contributed by atoms with Crippen molar-refractivity contribution in [3.8, 4) is 22.4 Å². The number of nitrogens with zero attached hydrogens (tertiary/aromatic N) is 2. The fraction of sp³-hybridized carbons (Fsp3) is 0.0769. The van der Waals surface area contributed by atoms with Crippen molar-refractivity contribution in [2.45, 2.75) is 17.6 Å². The number of aromatic nitrogens is 1. The molecule has 9 heteroatoms. The maximum Gasteiger partial charge on any atom is 0.416 e. The lowest BCUT2D eigenvalue weighted by Crippen LogP contribution is -2.30. The smallest absolute Gasteiger partial charge is 0.369 e. The van der Waals surface area contributed by atoms with Gasteiger partial charge in [-0.05, 0) is 53.6 Å². The molecule has 0 atom stereocenters. The third-order valence-corrected chi connectivity index (χ3v) is 6.07. The van der Waals surface area contributed by atoms with Gasteiger partial charge in [-0.2, -0.15) is 17.6 Å². The molecule has 178 valence electrons. The Labute approximate surface area is 210 Å². The first kappa shape index (κ1) is 24.6. The fourth-order valence-corrected chi connectivity index (χ4v) is 3.98. The summed E-state index contributed by atoms with van der Waals surface area (Å²) in [6, 6.07) is 23.7. The van der Waals surface area contributed by atoms with Crippen molar-refractivity contribution in [3.63, 3.8) is 0 Å². The Kier molecular flexibility index (Phi) is 7.63. The summed E-state index contributed by atoms with van der Waals surface area (Å²) in [5.74, 6) is 0.263. The number of guanidine groups is 1. The molecule has 0 aliphatic carbocycles. The van der Waals surface area contributed by atoms with Crippen LogP contribution < -0.4 is 11.1 Å². The lowest BCUT2D eigenvalue weighted by atomic mass is 9.97. The van der Waals surface area contributed by atoms with Crippen LogP contribution in [0.2, 0.25) is 5.02 Å². The molecule has 3 N–H and O–H groups in total. The van der Waals surface area contributed by atoms with Gasteiger partial charge in [0.25, 0.3) is 0 Å². The molecule has 0 saturated heterocycles. The lowest BCUT2D eigenvalue weighted by Gasteiger charge is -2.14. The molecule has 4 aromatic rings. The Balaban J connectivity index is 1.59. The first-order valence-electron chi connectivity index (χ1n) is 10.5. The van der Waals surface area contributed by atoms with Crippen molar-refractivity contribution in [1.82, 2.24) is 10.3 Å². The molecule has 0 amide bonds. The van der Waals surface area contributed by atoms with Crippen molar-refractivity contribution in [2.75, 3.05) is 0 Å². The molecule has 0 bridgehead atoms. The van der Waals surface area contributed by atoms with E-state index in [1.165, 1.54) is 24.1 Å². The van der Waals surface area contributed by atoms with Gasteiger partial charge in [0.15, 0.2) is 0 Å². The van der Waals surface area contributed by atoms with Crippen LogP contribution in [0.5, 0.6) is 0 Å². The Morgan fingerprint density at radius 1 is 0.943 bits per heavy atom. The Morgan fingerprint density at radius 2 is 1.60 bits per heavy atom. The standard InChI is InChI=1S/C26H20ClF3N4S/c27-21-12-8-18(9-13-21)23-14-17(16-33-25(31)34-35-22-4-2-1-3-5-22)15-32-24(23)19-6-10-20(11-7-19)26(28,29)30/h1-15H,16H2,(H3,31,33,34). The van der Waals surface area contributed by atoms with Gasteiger partial charge in [-0.15, -0.1) is 0 Å². The molecule has 0 aliphatic heterocycles. The Bertz CT molecular complexity index is 1310. The molecule has 35 heavy (non-hydrogen) atoms. The van der Waals surface area contributed by atoms with Gasteiger partial charge >= 0.3 is 6.18 Å². The number of benzene rings is 3. The number of halogens is 4. The summed E-state index contributed by atoms with van der Waals surface area (Å²) in [5.41, 5.74) is 8.84. The van der Waals surface area contributed by atoms with E-state index in [1.54, 1.807) is 18.3 Å². The number of nitrogens with two attached hydrogens (primary N) is 1. The van der Waals surface area contributed by atoms with Gasteiger partial charge in [0.2, 0.25) is 5.96 Å². The molecule has 0 radical (unpaired) electrons. The molecule has 3 aromatic carbocycles. The average Bonchev–Trinajstić information content (AvgIpc) is 2.87. The van der Waals surface area contributed by atoms with Crippen LogP contribution in [0.4, 0.5) is 13.2 Å². The molecule has 4 nitrogen and oxygen atoms in total. The average molecular weight is 513 g/mol. The molecule has 1 aromatic heterocycles. The molecule has 0 spiro atoms. The predicted molar refractivity (Wildman–Crippen MR) is 136 cm³/mol. The van der Waals surface area contributed by atoms with E-state index < -0.39 is 11.7 Å². The minimum atomic E-state index is -4.40. The van der Waals surface area contributed by atoms with Crippen LogP contribution in [0.15, 0.2) is 100 Å². The van der Waals surface area contributed by atoms with Crippen molar-refractivity contribution < 1.29 is 13.2 Å². The molecule has 0 saturated carbocycles. The molecule has 4 rings (SSSR count). The normalized spacial score (nSPS) is 11.9. The maximum absolute atomic E-state index is 13.0. The first-order chi connectivity index (χ1) is 16.8. The highest BCUT2D eigenvalue weighted by Gasteiger charge is 2.30. The topological polar surface area (TPSA) is 63.3 Å². The molecule has 0 unspecified atom stereocenters. The second-order valence-electron chi connectivity index (χ2n) is 7.56.